The van der Waals surface area contributed by atoms with E-state index in [0.717, 1.165) is 31.2 Å². The molecule has 0 atom stereocenters. The van der Waals surface area contributed by atoms with Crippen molar-refractivity contribution in [1.82, 2.24) is 5.01 Å². The molecule has 7 heteroatoms. The Balaban J connectivity index is 1.92. The minimum atomic E-state index is -0.877. The fraction of sp³-hybridized carbons (Fsp3) is 0.500. The zero-order valence-corrected chi connectivity index (χ0v) is 14.4. The normalized spacial score (nSPS) is 19.0. The van der Waals surface area contributed by atoms with Crippen LogP contribution in [0.5, 0.6) is 0 Å². The predicted octanol–water partition coefficient (Wildman–Crippen LogP) is 3.17. The molecular formula is C18H23N3O4. The molecule has 0 unspecified atom stereocenters. The number of oxime groups is 1. The molecule has 0 bridgehead atoms. The Morgan fingerprint density at radius 1 is 1.32 bits per heavy atom. The van der Waals surface area contributed by atoms with Crippen molar-refractivity contribution < 1.29 is 19.5 Å². The number of amidine groups is 1. The number of aliphatic carboxylic acids is 1. The number of hydrazone groups is 1. The van der Waals surface area contributed by atoms with Gasteiger partial charge < -0.3 is 14.7 Å². The molecule has 134 valence electrons. The van der Waals surface area contributed by atoms with Gasteiger partial charge >= 0.3 is 5.97 Å². The van der Waals surface area contributed by atoms with E-state index in [1.807, 2.05) is 37.3 Å². The van der Waals surface area contributed by atoms with E-state index in [1.54, 1.807) is 5.01 Å². The standard InChI is InChI=1S/C18H23N3O4/c1-2-24-15(10-11-16(22)23)19-21-17(14-8-4-3-5-9-14)20-25-18(21)12-6-7-13-18/h3-5,8-9H,2,6-7,10-13H2,1H3,(H,22,23). The third-order valence-electron chi connectivity index (χ3n) is 4.38. The Bertz CT molecular complexity index is 666. The quantitative estimate of drug-likeness (QED) is 0.632. The smallest absolute Gasteiger partial charge is 0.303 e. The lowest BCUT2D eigenvalue weighted by molar-refractivity contribution is -0.136. The maximum absolute atomic E-state index is 10.9. The molecule has 1 spiro atoms. The SMILES string of the molecule is CCOC(CCC(=O)O)=NN1C(c2ccccc2)=NOC12CCCC2. The summed E-state index contributed by atoms with van der Waals surface area (Å²) in [6.45, 7) is 2.28. The van der Waals surface area contributed by atoms with Gasteiger partial charge in [-0.2, -0.15) is 5.01 Å². The molecule has 2 aliphatic rings. The lowest BCUT2D eigenvalue weighted by atomic mass is 10.1. The number of benzene rings is 1. The van der Waals surface area contributed by atoms with Crippen molar-refractivity contribution in [2.75, 3.05) is 6.61 Å². The largest absolute Gasteiger partial charge is 0.481 e. The van der Waals surface area contributed by atoms with Crippen molar-refractivity contribution in [2.24, 2.45) is 10.3 Å². The highest BCUT2D eigenvalue weighted by molar-refractivity contribution is 6.00. The van der Waals surface area contributed by atoms with Crippen molar-refractivity contribution in [3.8, 4) is 0 Å². The van der Waals surface area contributed by atoms with E-state index >= 15 is 0 Å². The van der Waals surface area contributed by atoms with Crippen molar-refractivity contribution >= 4 is 17.7 Å². The van der Waals surface area contributed by atoms with Crippen LogP contribution in [0.1, 0.15) is 51.0 Å². The van der Waals surface area contributed by atoms with Gasteiger partial charge in [-0.05, 0) is 19.8 Å². The summed E-state index contributed by atoms with van der Waals surface area (Å²) in [5.41, 5.74) is 0.320. The van der Waals surface area contributed by atoms with Crippen LogP contribution in [0.15, 0.2) is 40.6 Å². The summed E-state index contributed by atoms with van der Waals surface area (Å²) in [7, 11) is 0. The first-order chi connectivity index (χ1) is 12.1. The first-order valence-electron chi connectivity index (χ1n) is 8.68. The van der Waals surface area contributed by atoms with E-state index in [2.05, 4.69) is 10.3 Å². The lowest BCUT2D eigenvalue weighted by Crippen LogP contribution is -2.44. The van der Waals surface area contributed by atoms with Crippen LogP contribution in [0.3, 0.4) is 0 Å². The summed E-state index contributed by atoms with van der Waals surface area (Å²) in [4.78, 5) is 16.7. The molecule has 25 heavy (non-hydrogen) atoms. The Hall–Kier alpha value is -2.57. The molecule has 1 N–H and O–H groups in total. The average molecular weight is 345 g/mol. The van der Waals surface area contributed by atoms with Crippen molar-refractivity contribution in [1.29, 1.82) is 0 Å². The summed E-state index contributed by atoms with van der Waals surface area (Å²) in [6, 6.07) is 9.73. The van der Waals surface area contributed by atoms with E-state index in [4.69, 9.17) is 14.7 Å². The summed E-state index contributed by atoms with van der Waals surface area (Å²) in [6.07, 6.45) is 3.95. The second-order valence-corrected chi connectivity index (χ2v) is 6.16. The van der Waals surface area contributed by atoms with Crippen LogP contribution in [0.2, 0.25) is 0 Å². The van der Waals surface area contributed by atoms with Gasteiger partial charge in [0.1, 0.15) is 0 Å². The highest BCUT2D eigenvalue weighted by Gasteiger charge is 2.49. The van der Waals surface area contributed by atoms with Gasteiger partial charge in [0.2, 0.25) is 11.6 Å². The van der Waals surface area contributed by atoms with Crippen LogP contribution < -0.4 is 0 Å². The molecule has 1 aromatic rings. The van der Waals surface area contributed by atoms with E-state index in [9.17, 15) is 4.79 Å². The van der Waals surface area contributed by atoms with E-state index in [-0.39, 0.29) is 12.8 Å². The van der Waals surface area contributed by atoms with E-state index in [0.29, 0.717) is 18.3 Å². The Morgan fingerprint density at radius 2 is 2.04 bits per heavy atom. The number of carboxylic acid groups (broad SMARTS) is 1. The molecule has 1 heterocycles. The van der Waals surface area contributed by atoms with Gasteiger partial charge in [-0.3, -0.25) is 4.79 Å². The number of ether oxygens (including phenoxy) is 1. The summed E-state index contributed by atoms with van der Waals surface area (Å²) in [5.74, 6) is 0.151. The van der Waals surface area contributed by atoms with Crippen LogP contribution in [0, 0.1) is 0 Å². The third kappa shape index (κ3) is 3.75. The van der Waals surface area contributed by atoms with Gasteiger partial charge in [0.25, 0.3) is 0 Å². The number of nitrogens with zero attached hydrogens (tertiary/aromatic N) is 3. The van der Waals surface area contributed by atoms with Gasteiger partial charge in [-0.25, -0.2) is 0 Å². The lowest BCUT2D eigenvalue weighted by Gasteiger charge is -2.30. The van der Waals surface area contributed by atoms with Gasteiger partial charge in [0.05, 0.1) is 13.0 Å². The summed E-state index contributed by atoms with van der Waals surface area (Å²) in [5, 5.41) is 19.7. The Morgan fingerprint density at radius 3 is 2.68 bits per heavy atom. The Labute approximate surface area is 146 Å². The Kier molecular flexibility index (Phi) is 5.21. The van der Waals surface area contributed by atoms with Crippen LogP contribution in [0.4, 0.5) is 0 Å². The fourth-order valence-corrected chi connectivity index (χ4v) is 3.17. The molecule has 1 saturated carbocycles. The van der Waals surface area contributed by atoms with Gasteiger partial charge in [-0.1, -0.05) is 35.5 Å². The van der Waals surface area contributed by atoms with Crippen molar-refractivity contribution in [3.05, 3.63) is 35.9 Å². The monoisotopic (exact) mass is 345 g/mol. The molecule has 1 aromatic carbocycles. The molecule has 3 rings (SSSR count). The number of hydrogen-bond acceptors (Lipinski definition) is 6. The zero-order valence-electron chi connectivity index (χ0n) is 14.4. The number of carbonyl (C=O) groups is 1. The minimum absolute atomic E-state index is 0.0294. The molecular weight excluding hydrogens is 322 g/mol. The van der Waals surface area contributed by atoms with Crippen molar-refractivity contribution in [3.63, 3.8) is 0 Å². The fourth-order valence-electron chi connectivity index (χ4n) is 3.17. The number of carboxylic acids is 1. The highest BCUT2D eigenvalue weighted by atomic mass is 16.7. The molecule has 0 aromatic heterocycles. The topological polar surface area (TPSA) is 83.7 Å². The first-order valence-corrected chi connectivity index (χ1v) is 8.68. The highest BCUT2D eigenvalue weighted by Crippen LogP contribution is 2.41. The van der Waals surface area contributed by atoms with Crippen LogP contribution in [-0.4, -0.2) is 40.1 Å². The second kappa shape index (κ2) is 7.55. The molecule has 0 saturated heterocycles. The van der Waals surface area contributed by atoms with Gasteiger partial charge in [0.15, 0.2) is 5.84 Å². The minimum Gasteiger partial charge on any atom is -0.481 e. The molecule has 7 nitrogen and oxygen atoms in total. The molecule has 0 amide bonds. The van der Waals surface area contributed by atoms with E-state index < -0.39 is 11.7 Å². The average Bonchev–Trinajstić information content (AvgIpc) is 3.22. The summed E-state index contributed by atoms with van der Waals surface area (Å²) >= 11 is 0. The molecule has 1 aliphatic carbocycles. The van der Waals surface area contributed by atoms with Crippen LogP contribution in [-0.2, 0) is 14.4 Å². The second-order valence-electron chi connectivity index (χ2n) is 6.16. The molecule has 0 radical (unpaired) electrons. The number of hydrogen-bond donors (Lipinski definition) is 1. The predicted molar refractivity (Wildman–Crippen MR) is 93.0 cm³/mol. The first kappa shape index (κ1) is 17.3. The van der Waals surface area contributed by atoms with E-state index in [1.165, 1.54) is 0 Å². The zero-order chi connectivity index (χ0) is 17.7. The number of rotatable bonds is 6. The maximum Gasteiger partial charge on any atom is 0.303 e. The van der Waals surface area contributed by atoms with Crippen LogP contribution >= 0.6 is 0 Å². The van der Waals surface area contributed by atoms with Crippen LogP contribution in [0.25, 0.3) is 0 Å². The molecule has 1 fully saturated rings. The van der Waals surface area contributed by atoms with Gasteiger partial charge in [0, 0.05) is 24.8 Å². The summed E-state index contributed by atoms with van der Waals surface area (Å²) < 4.78 is 5.58. The van der Waals surface area contributed by atoms with Gasteiger partial charge in [-0.15, -0.1) is 5.10 Å². The maximum atomic E-state index is 10.9. The van der Waals surface area contributed by atoms with Crippen molar-refractivity contribution in [2.45, 2.75) is 51.2 Å². The molecule has 1 aliphatic heterocycles. The third-order valence-corrected chi connectivity index (χ3v) is 4.38.